The molecule has 0 bridgehead atoms. The van der Waals surface area contributed by atoms with Crippen molar-refractivity contribution in [2.75, 3.05) is 27.2 Å². The first-order chi connectivity index (χ1) is 13.4. The Morgan fingerprint density at radius 3 is 2.32 bits per heavy atom. The Balaban J connectivity index is 2.07. The summed E-state index contributed by atoms with van der Waals surface area (Å²) in [5.74, 6) is -0.436. The molecule has 1 heterocycles. The molecule has 2 rings (SSSR count). The summed E-state index contributed by atoms with van der Waals surface area (Å²) in [4.78, 5) is 33.5. The average Bonchev–Trinajstić information content (AvgIpc) is 2.69. The van der Waals surface area contributed by atoms with Crippen molar-refractivity contribution in [3.63, 3.8) is 0 Å². The highest BCUT2D eigenvalue weighted by molar-refractivity contribution is 5.96. The van der Waals surface area contributed by atoms with Crippen LogP contribution in [0.1, 0.15) is 46.8 Å². The highest BCUT2D eigenvalue weighted by Gasteiger charge is 2.21. The van der Waals surface area contributed by atoms with Crippen molar-refractivity contribution < 1.29 is 9.59 Å². The van der Waals surface area contributed by atoms with E-state index >= 15 is 0 Å². The van der Waals surface area contributed by atoms with Gasteiger partial charge in [-0.3, -0.25) is 9.59 Å². The molecule has 2 amide bonds. The summed E-state index contributed by atoms with van der Waals surface area (Å²) in [6.45, 7) is 5.92. The molecule has 28 heavy (non-hydrogen) atoms. The van der Waals surface area contributed by atoms with Gasteiger partial charge in [0.15, 0.2) is 0 Å². The second-order valence-electron chi connectivity index (χ2n) is 7.33. The zero-order valence-electron chi connectivity index (χ0n) is 17.2. The summed E-state index contributed by atoms with van der Waals surface area (Å²) in [6.07, 6.45) is 0.857. The minimum absolute atomic E-state index is 0.0121. The fourth-order valence-electron chi connectivity index (χ4n) is 2.78. The molecule has 1 N–H and O–H groups in total. The average molecular weight is 383 g/mol. The lowest BCUT2D eigenvalue weighted by Crippen LogP contribution is -2.37. The van der Waals surface area contributed by atoms with Crippen molar-refractivity contribution in [2.45, 2.75) is 32.9 Å². The maximum atomic E-state index is 13.0. The first-order valence-electron chi connectivity index (χ1n) is 9.63. The van der Waals surface area contributed by atoms with Crippen LogP contribution in [0.2, 0.25) is 0 Å². The van der Waals surface area contributed by atoms with Crippen LogP contribution in [-0.4, -0.2) is 59.8 Å². The number of rotatable bonds is 9. The smallest absolute Gasteiger partial charge is 0.273 e. The van der Waals surface area contributed by atoms with E-state index in [0.29, 0.717) is 13.1 Å². The number of carbonyl (C=O) groups is 2. The normalized spacial score (nSPS) is 10.9. The van der Waals surface area contributed by atoms with Crippen molar-refractivity contribution in [3.8, 4) is 0 Å². The number of nitrogens with zero attached hydrogens (tertiary/aromatic N) is 3. The lowest BCUT2D eigenvalue weighted by atomic mass is 10.1. The molecular formula is C22H30N4O2. The number of hydrogen-bond donors (Lipinski definition) is 1. The Kier molecular flexibility index (Phi) is 8.14. The van der Waals surface area contributed by atoms with Gasteiger partial charge in [0, 0.05) is 19.1 Å². The monoisotopic (exact) mass is 382 g/mol. The second kappa shape index (κ2) is 10.6. The summed E-state index contributed by atoms with van der Waals surface area (Å²) in [5, 5.41) is 2.86. The summed E-state index contributed by atoms with van der Waals surface area (Å²) < 4.78 is 0. The van der Waals surface area contributed by atoms with Crippen LogP contribution in [0.25, 0.3) is 0 Å². The molecule has 0 saturated carbocycles. The Bertz CT molecular complexity index is 775. The van der Waals surface area contributed by atoms with Gasteiger partial charge in [-0.2, -0.15) is 0 Å². The van der Waals surface area contributed by atoms with Gasteiger partial charge in [0.1, 0.15) is 11.4 Å². The van der Waals surface area contributed by atoms with Crippen LogP contribution in [0.4, 0.5) is 0 Å². The molecule has 0 aliphatic rings. The van der Waals surface area contributed by atoms with Crippen LogP contribution in [0.5, 0.6) is 0 Å². The van der Waals surface area contributed by atoms with Crippen molar-refractivity contribution in [1.82, 2.24) is 20.1 Å². The molecule has 6 heteroatoms. The Morgan fingerprint density at radius 2 is 1.68 bits per heavy atom. The molecular weight excluding hydrogens is 352 g/mol. The molecule has 0 radical (unpaired) electrons. The molecule has 1 aromatic heterocycles. The predicted octanol–water partition coefficient (Wildman–Crippen LogP) is 2.81. The fraction of sp³-hybridized carbons (Fsp3) is 0.409. The third-order valence-corrected chi connectivity index (χ3v) is 4.35. The summed E-state index contributed by atoms with van der Waals surface area (Å²) in [5.41, 5.74) is 1.60. The second-order valence-corrected chi connectivity index (χ2v) is 7.33. The fourth-order valence-corrected chi connectivity index (χ4v) is 2.78. The largest absolute Gasteiger partial charge is 0.351 e. The van der Waals surface area contributed by atoms with Crippen LogP contribution in [-0.2, 0) is 6.54 Å². The number of amides is 2. The van der Waals surface area contributed by atoms with E-state index in [1.54, 1.807) is 23.1 Å². The van der Waals surface area contributed by atoms with Crippen molar-refractivity contribution in [3.05, 3.63) is 65.5 Å². The van der Waals surface area contributed by atoms with Gasteiger partial charge in [0.2, 0.25) is 0 Å². The molecule has 0 spiro atoms. The maximum Gasteiger partial charge on any atom is 0.273 e. The number of aromatic nitrogens is 1. The van der Waals surface area contributed by atoms with Crippen LogP contribution in [0.3, 0.4) is 0 Å². The van der Waals surface area contributed by atoms with Gasteiger partial charge in [-0.25, -0.2) is 4.98 Å². The van der Waals surface area contributed by atoms with Gasteiger partial charge in [-0.1, -0.05) is 36.4 Å². The third kappa shape index (κ3) is 6.46. The number of nitrogens with one attached hydrogen (secondary N) is 1. The Labute approximate surface area is 167 Å². The van der Waals surface area contributed by atoms with E-state index in [1.807, 2.05) is 58.3 Å². The van der Waals surface area contributed by atoms with Crippen molar-refractivity contribution in [2.24, 2.45) is 0 Å². The topological polar surface area (TPSA) is 65.5 Å². The molecule has 0 aliphatic heterocycles. The van der Waals surface area contributed by atoms with E-state index < -0.39 is 0 Å². The predicted molar refractivity (Wildman–Crippen MR) is 111 cm³/mol. The minimum Gasteiger partial charge on any atom is -0.351 e. The molecule has 1 aromatic carbocycles. The lowest BCUT2D eigenvalue weighted by Gasteiger charge is -2.26. The molecule has 0 fully saturated rings. The van der Waals surface area contributed by atoms with Gasteiger partial charge in [-0.15, -0.1) is 0 Å². The number of benzene rings is 1. The number of carbonyl (C=O) groups excluding carboxylic acids is 2. The molecule has 150 valence electrons. The number of hydrogen-bond acceptors (Lipinski definition) is 4. The molecule has 0 saturated heterocycles. The van der Waals surface area contributed by atoms with Gasteiger partial charge in [-0.05, 0) is 58.6 Å². The first-order valence-corrected chi connectivity index (χ1v) is 9.63. The molecule has 0 aliphatic carbocycles. The van der Waals surface area contributed by atoms with E-state index in [4.69, 9.17) is 0 Å². The zero-order valence-corrected chi connectivity index (χ0v) is 17.2. The Morgan fingerprint density at radius 1 is 1.00 bits per heavy atom. The van der Waals surface area contributed by atoms with Crippen LogP contribution in [0, 0.1) is 0 Å². The summed E-state index contributed by atoms with van der Waals surface area (Å²) in [7, 11) is 3.99. The van der Waals surface area contributed by atoms with E-state index in [-0.39, 0.29) is 29.2 Å². The standard InChI is InChI=1S/C22H30N4O2/c1-17(2)26(16-18-10-6-5-7-11-18)22(28)20-13-8-12-19(24-20)21(27)23-14-9-15-25(3)4/h5-8,10-13,17H,9,14-16H2,1-4H3,(H,23,27). The van der Waals surface area contributed by atoms with E-state index in [9.17, 15) is 9.59 Å². The van der Waals surface area contributed by atoms with Crippen LogP contribution in [0.15, 0.2) is 48.5 Å². The lowest BCUT2D eigenvalue weighted by molar-refractivity contribution is 0.0684. The molecule has 6 nitrogen and oxygen atoms in total. The van der Waals surface area contributed by atoms with E-state index in [1.165, 1.54) is 0 Å². The Hall–Kier alpha value is -2.73. The molecule has 0 unspecified atom stereocenters. The van der Waals surface area contributed by atoms with Gasteiger partial charge in [0.25, 0.3) is 11.8 Å². The molecule has 0 atom stereocenters. The number of pyridine rings is 1. The van der Waals surface area contributed by atoms with Crippen LogP contribution >= 0.6 is 0 Å². The van der Waals surface area contributed by atoms with Crippen molar-refractivity contribution >= 4 is 11.8 Å². The van der Waals surface area contributed by atoms with Gasteiger partial charge < -0.3 is 15.1 Å². The van der Waals surface area contributed by atoms with Gasteiger partial charge >= 0.3 is 0 Å². The highest BCUT2D eigenvalue weighted by atomic mass is 16.2. The van der Waals surface area contributed by atoms with Gasteiger partial charge in [0.05, 0.1) is 0 Å². The summed E-state index contributed by atoms with van der Waals surface area (Å²) >= 11 is 0. The van der Waals surface area contributed by atoms with Crippen molar-refractivity contribution in [1.29, 1.82) is 0 Å². The van der Waals surface area contributed by atoms with E-state index in [2.05, 4.69) is 15.2 Å². The quantitative estimate of drug-likeness (QED) is 0.678. The van der Waals surface area contributed by atoms with Crippen LogP contribution < -0.4 is 5.32 Å². The minimum atomic E-state index is -0.257. The zero-order chi connectivity index (χ0) is 20.5. The summed E-state index contributed by atoms with van der Waals surface area (Å²) in [6, 6.07) is 14.9. The maximum absolute atomic E-state index is 13.0. The third-order valence-electron chi connectivity index (χ3n) is 4.35. The molecule has 2 aromatic rings. The van der Waals surface area contributed by atoms with E-state index in [0.717, 1.165) is 18.5 Å². The first kappa shape index (κ1) is 21.6. The highest BCUT2D eigenvalue weighted by Crippen LogP contribution is 2.13. The SMILES string of the molecule is CC(C)N(Cc1ccccc1)C(=O)c1cccc(C(=O)NCCCN(C)C)n1.